The van der Waals surface area contributed by atoms with Gasteiger partial charge in [-0.2, -0.15) is 0 Å². The number of pyridine rings is 1. The molecular weight excluding hydrogens is 196 g/mol. The molecule has 82 valence electrons. The first-order valence-corrected chi connectivity index (χ1v) is 2.73. The lowest BCUT2D eigenvalue weighted by Crippen LogP contribution is -1.92. The second kappa shape index (κ2) is 6.68. The summed E-state index contributed by atoms with van der Waals surface area (Å²) >= 11 is 0. The molecule has 0 saturated carbocycles. The topological polar surface area (TPSA) is 190 Å². The Morgan fingerprint density at radius 2 is 1.79 bits per heavy atom. The summed E-state index contributed by atoms with van der Waals surface area (Å²) in [4.78, 5) is 4.48. The minimum absolute atomic E-state index is 0. The summed E-state index contributed by atoms with van der Waals surface area (Å²) in [7, 11) is 0. The molecule has 9 nitrogen and oxygen atoms in total. The average molecular weight is 208 g/mol. The van der Waals surface area contributed by atoms with Gasteiger partial charge in [-0.15, -0.1) is 5.10 Å². The number of hydrogen-bond acceptors (Lipinski definition) is 4. The SMILES string of the molecule is O.O.O.O.On1nnc2cccnc21. The maximum absolute atomic E-state index is 8.89. The fourth-order valence-corrected chi connectivity index (χ4v) is 0.754. The monoisotopic (exact) mass is 208 g/mol. The van der Waals surface area contributed by atoms with Gasteiger partial charge in [-0.25, -0.2) is 4.98 Å². The predicted octanol–water partition coefficient (Wildman–Crippen LogP) is -3.24. The summed E-state index contributed by atoms with van der Waals surface area (Å²) in [6.45, 7) is 0. The predicted molar refractivity (Wildman–Crippen MR) is 47.0 cm³/mol. The number of fused-ring (bicyclic) bond motifs is 1. The summed E-state index contributed by atoms with van der Waals surface area (Å²) < 4.78 is 0. The quantitative estimate of drug-likeness (QED) is 0.445. The first kappa shape index (κ1) is 18.1. The van der Waals surface area contributed by atoms with E-state index in [9.17, 15) is 0 Å². The summed E-state index contributed by atoms with van der Waals surface area (Å²) in [5, 5.41) is 15.9. The van der Waals surface area contributed by atoms with E-state index in [-0.39, 0.29) is 21.9 Å². The summed E-state index contributed by atoms with van der Waals surface area (Å²) in [6.07, 6.45) is 1.57. The second-order valence-corrected chi connectivity index (χ2v) is 1.83. The fourth-order valence-electron chi connectivity index (χ4n) is 0.754. The molecule has 0 amide bonds. The Bertz CT molecular complexity index is 364. The highest BCUT2D eigenvalue weighted by Gasteiger charge is 2.00. The van der Waals surface area contributed by atoms with Gasteiger partial charge in [0.15, 0.2) is 0 Å². The van der Waals surface area contributed by atoms with Crippen molar-refractivity contribution in [3.63, 3.8) is 0 Å². The molecule has 9 N–H and O–H groups in total. The molecule has 14 heavy (non-hydrogen) atoms. The zero-order chi connectivity index (χ0) is 6.97. The highest BCUT2D eigenvalue weighted by atomic mass is 16.5. The van der Waals surface area contributed by atoms with Crippen molar-refractivity contribution in [1.82, 2.24) is 20.1 Å². The van der Waals surface area contributed by atoms with E-state index in [1.165, 1.54) is 0 Å². The minimum atomic E-state index is 0. The minimum Gasteiger partial charge on any atom is -0.412 e. The molecule has 0 fully saturated rings. The molecule has 0 atom stereocenters. The molecule has 0 radical (unpaired) electrons. The van der Waals surface area contributed by atoms with Gasteiger partial charge in [0.05, 0.1) is 0 Å². The van der Waals surface area contributed by atoms with E-state index in [1.807, 2.05) is 0 Å². The van der Waals surface area contributed by atoms with Gasteiger partial charge in [0, 0.05) is 6.20 Å². The molecule has 2 rings (SSSR count). The van der Waals surface area contributed by atoms with Crippen LogP contribution in [0, 0.1) is 0 Å². The third-order valence-corrected chi connectivity index (χ3v) is 1.19. The zero-order valence-corrected chi connectivity index (χ0v) is 6.97. The first-order chi connectivity index (χ1) is 4.88. The van der Waals surface area contributed by atoms with Crippen molar-refractivity contribution in [3.05, 3.63) is 18.3 Å². The van der Waals surface area contributed by atoms with Crippen molar-refractivity contribution < 1.29 is 27.1 Å². The molecule has 0 unspecified atom stereocenters. The van der Waals surface area contributed by atoms with E-state index in [0.717, 1.165) is 0 Å². The van der Waals surface area contributed by atoms with Gasteiger partial charge in [0.25, 0.3) is 0 Å². The Labute approximate surface area is 77.8 Å². The van der Waals surface area contributed by atoms with Crippen molar-refractivity contribution in [3.8, 4) is 0 Å². The van der Waals surface area contributed by atoms with E-state index < -0.39 is 0 Å². The smallest absolute Gasteiger partial charge is 0.219 e. The van der Waals surface area contributed by atoms with Crippen molar-refractivity contribution in [2.45, 2.75) is 0 Å². The lowest BCUT2D eigenvalue weighted by molar-refractivity contribution is 0.153. The van der Waals surface area contributed by atoms with E-state index >= 15 is 0 Å². The molecular formula is C5H12N4O5. The Morgan fingerprint density at radius 1 is 1.14 bits per heavy atom. The van der Waals surface area contributed by atoms with Crippen LogP contribution in [-0.2, 0) is 0 Å². The van der Waals surface area contributed by atoms with E-state index in [4.69, 9.17) is 5.21 Å². The van der Waals surface area contributed by atoms with Gasteiger partial charge in [0.2, 0.25) is 5.65 Å². The van der Waals surface area contributed by atoms with Gasteiger partial charge in [0.1, 0.15) is 5.52 Å². The third kappa shape index (κ3) is 2.60. The molecule has 0 spiro atoms. The van der Waals surface area contributed by atoms with Crippen LogP contribution in [0.3, 0.4) is 0 Å². The summed E-state index contributed by atoms with van der Waals surface area (Å²) in [6, 6.07) is 3.46. The Morgan fingerprint density at radius 3 is 2.36 bits per heavy atom. The molecule has 0 aromatic carbocycles. The van der Waals surface area contributed by atoms with Gasteiger partial charge in [-0.1, -0.05) is 4.85 Å². The molecule has 0 saturated heterocycles. The van der Waals surface area contributed by atoms with Gasteiger partial charge < -0.3 is 27.1 Å². The summed E-state index contributed by atoms with van der Waals surface area (Å²) in [5.41, 5.74) is 0.965. The molecule has 0 aliphatic heterocycles. The third-order valence-electron chi connectivity index (χ3n) is 1.19. The second-order valence-electron chi connectivity index (χ2n) is 1.83. The van der Waals surface area contributed by atoms with Gasteiger partial charge >= 0.3 is 0 Å². The van der Waals surface area contributed by atoms with E-state index in [1.54, 1.807) is 18.3 Å². The lowest BCUT2D eigenvalue weighted by atomic mass is 10.4. The molecule has 0 bridgehead atoms. The van der Waals surface area contributed by atoms with Crippen LogP contribution in [0.1, 0.15) is 0 Å². The Balaban J connectivity index is -0.000000302. The maximum atomic E-state index is 8.89. The van der Waals surface area contributed by atoms with Crippen LogP contribution in [0.4, 0.5) is 0 Å². The number of aromatic nitrogens is 4. The van der Waals surface area contributed by atoms with Gasteiger partial charge in [-0.3, -0.25) is 0 Å². The van der Waals surface area contributed by atoms with Crippen molar-refractivity contribution >= 4 is 11.2 Å². The zero-order valence-electron chi connectivity index (χ0n) is 6.97. The largest absolute Gasteiger partial charge is 0.412 e. The van der Waals surface area contributed by atoms with Crippen LogP contribution >= 0.6 is 0 Å². The molecule has 2 aromatic rings. The molecule has 2 aromatic heterocycles. The van der Waals surface area contributed by atoms with Crippen LogP contribution in [0.5, 0.6) is 0 Å². The molecule has 9 heteroatoms. The summed E-state index contributed by atoms with van der Waals surface area (Å²) in [5.74, 6) is 0. The standard InChI is InChI=1S/C5H4N4O.4H2O/c10-9-5-4(7-8-9)2-1-3-6-5;;;;/h1-3,10H;4*1H2. The fraction of sp³-hybridized carbons (Fsp3) is 0. The normalized spacial score (nSPS) is 7.43. The molecule has 0 aliphatic carbocycles. The van der Waals surface area contributed by atoms with Crippen molar-refractivity contribution in [2.75, 3.05) is 0 Å². The average Bonchev–Trinajstić information content (AvgIpc) is 2.34. The Hall–Kier alpha value is -1.81. The number of rotatable bonds is 0. The first-order valence-electron chi connectivity index (χ1n) is 2.73. The highest BCUT2D eigenvalue weighted by Crippen LogP contribution is 2.02. The maximum Gasteiger partial charge on any atom is 0.219 e. The van der Waals surface area contributed by atoms with Crippen molar-refractivity contribution in [2.24, 2.45) is 0 Å². The lowest BCUT2D eigenvalue weighted by Gasteiger charge is -1.85. The van der Waals surface area contributed by atoms with Crippen LogP contribution in [-0.4, -0.2) is 47.3 Å². The van der Waals surface area contributed by atoms with Crippen LogP contribution in [0.2, 0.25) is 0 Å². The van der Waals surface area contributed by atoms with Gasteiger partial charge in [-0.05, 0) is 17.3 Å². The van der Waals surface area contributed by atoms with Crippen LogP contribution in [0.25, 0.3) is 11.2 Å². The molecule has 0 aliphatic rings. The number of nitrogens with zero attached hydrogens (tertiary/aromatic N) is 4. The van der Waals surface area contributed by atoms with E-state index in [0.29, 0.717) is 16.0 Å². The van der Waals surface area contributed by atoms with Crippen LogP contribution < -0.4 is 0 Å². The van der Waals surface area contributed by atoms with Crippen molar-refractivity contribution in [1.29, 1.82) is 0 Å². The van der Waals surface area contributed by atoms with E-state index in [2.05, 4.69) is 15.3 Å². The molecule has 2 heterocycles. The Kier molecular flexibility index (Phi) is 8.62. The highest BCUT2D eigenvalue weighted by molar-refractivity contribution is 5.68. The number of hydrogen-bond donors (Lipinski definition) is 1. The van der Waals surface area contributed by atoms with Crippen LogP contribution in [0.15, 0.2) is 18.3 Å².